The van der Waals surface area contributed by atoms with Gasteiger partial charge in [-0.2, -0.15) is 0 Å². The standard InChI is InChI=1S/C46H87N3O12/c1-16-18-49-26-28(3)39(51)45(12,53)35(17-2)59-41(52)32(7)38(60-36-25-44(11,55-15)46(54,33(8)58-36)27-48-19-21-56-22-20-48)31(6)40(43(9,10)24-29(49)4)61-42-37(50)34(47(13)14)23-30(5)57-42/h28-40,42,50-51,53-54H,16-27H2,1-15H3/t28-,29+,30+,31-,32+,33-,34-,35+,36+,37+,38+,39+,40+,42-,44-,45+,46+/m0/s1. The number of β-amino-alcohol motifs (C(OH)–C–C–N with tert-alkyl or cyclic N) is 1. The van der Waals surface area contributed by atoms with E-state index in [1.807, 2.05) is 60.5 Å². The average Bonchev–Trinajstić information content (AvgIpc) is 3.19. The van der Waals surface area contributed by atoms with Gasteiger partial charge in [0.2, 0.25) is 0 Å². The number of carbonyl (C=O) groups excluding carboxylic acids is 1. The molecule has 4 fully saturated rings. The van der Waals surface area contributed by atoms with Gasteiger partial charge in [-0.05, 0) is 99.2 Å². The summed E-state index contributed by atoms with van der Waals surface area (Å²) >= 11 is 0. The molecule has 17 atom stereocenters. The lowest BCUT2D eigenvalue weighted by atomic mass is 9.72. The van der Waals surface area contributed by atoms with Gasteiger partial charge in [0.25, 0.3) is 0 Å². The van der Waals surface area contributed by atoms with E-state index < -0.39 is 89.2 Å². The summed E-state index contributed by atoms with van der Waals surface area (Å²) in [6.07, 6.45) is -4.92. The van der Waals surface area contributed by atoms with Crippen LogP contribution in [-0.2, 0) is 38.0 Å². The molecular weight excluding hydrogens is 787 g/mol. The number of hydrogen-bond donors (Lipinski definition) is 4. The molecule has 0 aromatic heterocycles. The lowest BCUT2D eigenvalue weighted by Crippen LogP contribution is -2.70. The van der Waals surface area contributed by atoms with Crippen molar-refractivity contribution < 1.29 is 58.4 Å². The van der Waals surface area contributed by atoms with E-state index in [-0.39, 0.29) is 36.9 Å². The molecule has 61 heavy (non-hydrogen) atoms. The minimum Gasteiger partial charge on any atom is -0.459 e. The molecular formula is C46H87N3O12. The van der Waals surface area contributed by atoms with Crippen LogP contribution in [0.3, 0.4) is 0 Å². The third-order valence-electron chi connectivity index (χ3n) is 14.9. The lowest BCUT2D eigenvalue weighted by Gasteiger charge is -2.55. The fraction of sp³-hybridized carbons (Fsp3) is 0.978. The molecule has 4 saturated heterocycles. The van der Waals surface area contributed by atoms with E-state index in [0.29, 0.717) is 52.2 Å². The van der Waals surface area contributed by atoms with E-state index in [4.69, 9.17) is 33.2 Å². The highest BCUT2D eigenvalue weighted by Crippen LogP contribution is 2.45. The zero-order chi connectivity index (χ0) is 45.8. The molecule has 15 heteroatoms. The highest BCUT2D eigenvalue weighted by Gasteiger charge is 2.59. The summed E-state index contributed by atoms with van der Waals surface area (Å²) in [7, 11) is 5.48. The monoisotopic (exact) mass is 874 g/mol. The van der Waals surface area contributed by atoms with Crippen molar-refractivity contribution in [1.29, 1.82) is 0 Å². The number of likely N-dealkylation sites (N-methyl/N-ethyl adjacent to an activating group) is 1. The molecule has 0 bridgehead atoms. The van der Waals surface area contributed by atoms with Crippen LogP contribution in [0.2, 0.25) is 0 Å². The van der Waals surface area contributed by atoms with E-state index in [2.05, 4.69) is 37.5 Å². The first-order valence-electron chi connectivity index (χ1n) is 23.3. The SMILES string of the molecule is CCCN1C[C@H](C)[C@@H](O)[C@](C)(O)[C@@H](CC)OC(=O)[C@H](C)[C@H](O[C@@H]2C[C@](C)(OC)[C@@](O)(CN3CCOCC3)[C@H](C)O2)[C@H](C)[C@@H](O[C@@H]2O[C@H](C)C[C@H](N(C)C)[C@H]2O)C(C)(C)C[C@H]1C. The van der Waals surface area contributed by atoms with Crippen molar-refractivity contribution in [2.24, 2.45) is 23.2 Å². The van der Waals surface area contributed by atoms with Crippen molar-refractivity contribution in [2.45, 2.75) is 199 Å². The Bertz CT molecular complexity index is 1370. The Hall–Kier alpha value is -1.05. The first kappa shape index (κ1) is 52.6. The van der Waals surface area contributed by atoms with Gasteiger partial charge in [-0.3, -0.25) is 9.69 Å². The highest BCUT2D eigenvalue weighted by atomic mass is 16.7. The maximum absolute atomic E-state index is 14.6. The minimum atomic E-state index is -1.75. The maximum atomic E-state index is 14.6. The molecule has 358 valence electrons. The Morgan fingerprint density at radius 1 is 0.918 bits per heavy atom. The van der Waals surface area contributed by atoms with E-state index >= 15 is 0 Å². The van der Waals surface area contributed by atoms with Gasteiger partial charge < -0.3 is 63.4 Å². The lowest BCUT2D eigenvalue weighted by molar-refractivity contribution is -0.338. The number of methoxy groups -OCH3 is 1. The summed E-state index contributed by atoms with van der Waals surface area (Å²) in [6.45, 7) is 27.5. The van der Waals surface area contributed by atoms with Gasteiger partial charge in [0.15, 0.2) is 12.6 Å². The number of nitrogens with zero attached hydrogens (tertiary/aromatic N) is 3. The summed E-state index contributed by atoms with van der Waals surface area (Å²) in [5, 5.41) is 48.0. The summed E-state index contributed by atoms with van der Waals surface area (Å²) in [5.74, 6) is -2.42. The van der Waals surface area contributed by atoms with Gasteiger partial charge in [0.05, 0.1) is 49.7 Å². The van der Waals surface area contributed by atoms with E-state index in [1.165, 1.54) is 0 Å². The fourth-order valence-corrected chi connectivity index (χ4v) is 10.9. The van der Waals surface area contributed by atoms with Crippen molar-refractivity contribution in [1.82, 2.24) is 14.7 Å². The predicted molar refractivity (Wildman–Crippen MR) is 233 cm³/mol. The van der Waals surface area contributed by atoms with Gasteiger partial charge in [0.1, 0.15) is 29.0 Å². The van der Waals surface area contributed by atoms with Crippen LogP contribution in [0.15, 0.2) is 0 Å². The predicted octanol–water partition coefficient (Wildman–Crippen LogP) is 3.66. The van der Waals surface area contributed by atoms with Crippen molar-refractivity contribution in [2.75, 3.05) is 67.1 Å². The molecule has 0 aromatic rings. The number of esters is 1. The third-order valence-corrected chi connectivity index (χ3v) is 14.9. The van der Waals surface area contributed by atoms with Crippen LogP contribution in [0.5, 0.6) is 0 Å². The van der Waals surface area contributed by atoms with E-state index in [1.54, 1.807) is 21.0 Å². The molecule has 4 rings (SSSR count). The summed E-state index contributed by atoms with van der Waals surface area (Å²) < 4.78 is 45.2. The molecule has 0 unspecified atom stereocenters. The number of carbonyl (C=O) groups is 1. The minimum absolute atomic E-state index is 0.00866. The molecule has 0 aliphatic carbocycles. The number of cyclic esters (lactones) is 1. The number of morpholine rings is 1. The number of hydrogen-bond acceptors (Lipinski definition) is 15. The topological polar surface area (TPSA) is 172 Å². The third kappa shape index (κ3) is 11.9. The number of aliphatic hydroxyl groups is 4. The second kappa shape index (κ2) is 21.5. The molecule has 0 radical (unpaired) electrons. The summed E-state index contributed by atoms with van der Waals surface area (Å²) in [4.78, 5) is 21.1. The normalized spacial score (nSPS) is 45.5. The first-order valence-corrected chi connectivity index (χ1v) is 23.3. The second-order valence-corrected chi connectivity index (χ2v) is 20.6. The Morgan fingerprint density at radius 3 is 2.13 bits per heavy atom. The van der Waals surface area contributed by atoms with Crippen LogP contribution < -0.4 is 0 Å². The van der Waals surface area contributed by atoms with Gasteiger partial charge in [0, 0.05) is 57.7 Å². The number of ether oxygens (including phenoxy) is 7. The molecule has 4 heterocycles. The van der Waals surface area contributed by atoms with Crippen LogP contribution in [-0.4, -0.2) is 192 Å². The Balaban J connectivity index is 1.83. The van der Waals surface area contributed by atoms with Crippen molar-refractivity contribution in [3.8, 4) is 0 Å². The zero-order valence-corrected chi connectivity index (χ0v) is 40.5. The maximum Gasteiger partial charge on any atom is 0.311 e. The molecule has 4 aliphatic rings. The highest BCUT2D eigenvalue weighted by molar-refractivity contribution is 5.73. The Kier molecular flexibility index (Phi) is 18.5. The largest absolute Gasteiger partial charge is 0.459 e. The van der Waals surface area contributed by atoms with Crippen molar-refractivity contribution >= 4 is 5.97 Å². The van der Waals surface area contributed by atoms with Crippen LogP contribution in [0, 0.1) is 23.2 Å². The van der Waals surface area contributed by atoms with Gasteiger partial charge in [-0.1, -0.05) is 41.5 Å². The van der Waals surface area contributed by atoms with Gasteiger partial charge >= 0.3 is 5.97 Å². The van der Waals surface area contributed by atoms with Gasteiger partial charge in [-0.25, -0.2) is 0 Å². The molecule has 4 N–H and O–H groups in total. The smallest absolute Gasteiger partial charge is 0.311 e. The Morgan fingerprint density at radius 2 is 1.56 bits per heavy atom. The number of rotatable bonds is 11. The summed E-state index contributed by atoms with van der Waals surface area (Å²) in [6, 6.07) is -0.199. The van der Waals surface area contributed by atoms with E-state index in [0.717, 1.165) is 13.0 Å². The quantitative estimate of drug-likeness (QED) is 0.222. The van der Waals surface area contributed by atoms with Crippen LogP contribution >= 0.6 is 0 Å². The van der Waals surface area contributed by atoms with Crippen molar-refractivity contribution in [3.05, 3.63) is 0 Å². The van der Waals surface area contributed by atoms with E-state index in [9.17, 15) is 25.2 Å². The molecule has 15 nitrogen and oxygen atoms in total. The molecule has 0 aromatic carbocycles. The van der Waals surface area contributed by atoms with Crippen LogP contribution in [0.25, 0.3) is 0 Å². The van der Waals surface area contributed by atoms with Crippen molar-refractivity contribution in [3.63, 3.8) is 0 Å². The zero-order valence-electron chi connectivity index (χ0n) is 40.5. The van der Waals surface area contributed by atoms with Gasteiger partial charge in [-0.15, -0.1) is 0 Å². The Labute approximate surface area is 368 Å². The first-order chi connectivity index (χ1) is 28.4. The number of aliphatic hydroxyl groups excluding tert-OH is 2. The summed E-state index contributed by atoms with van der Waals surface area (Å²) in [5.41, 5.74) is -4.87. The molecule has 4 aliphatic heterocycles. The molecule has 0 amide bonds. The fourth-order valence-electron chi connectivity index (χ4n) is 10.9. The second-order valence-electron chi connectivity index (χ2n) is 20.6. The van der Waals surface area contributed by atoms with Crippen LogP contribution in [0.1, 0.15) is 115 Å². The average molecular weight is 874 g/mol. The molecule has 0 spiro atoms. The molecule has 0 saturated carbocycles. The van der Waals surface area contributed by atoms with Crippen LogP contribution in [0.4, 0.5) is 0 Å².